The lowest BCUT2D eigenvalue weighted by Gasteiger charge is -2.27. The van der Waals surface area contributed by atoms with E-state index in [9.17, 15) is 0 Å². The average Bonchev–Trinajstić information content (AvgIpc) is 3.71. The predicted molar refractivity (Wildman–Crippen MR) is 196 cm³/mol. The fourth-order valence-electron chi connectivity index (χ4n) is 7.21. The summed E-state index contributed by atoms with van der Waals surface area (Å²) in [5, 5.41) is 8.89. The number of rotatable bonds is 4. The molecular weight excluding hydrogens is 574 g/mol. The highest BCUT2D eigenvalue weighted by molar-refractivity contribution is 6.25. The van der Waals surface area contributed by atoms with Gasteiger partial charge in [-0.15, -0.1) is 0 Å². The first-order valence-electron chi connectivity index (χ1n) is 15.9. The van der Waals surface area contributed by atoms with Crippen LogP contribution in [0.4, 0.5) is 17.1 Å². The summed E-state index contributed by atoms with van der Waals surface area (Å²) in [5.41, 5.74) is 9.03. The third-order valence-corrected chi connectivity index (χ3v) is 9.44. The second kappa shape index (κ2) is 10.1. The Hall–Kier alpha value is -6.32. The molecule has 220 valence electrons. The first-order chi connectivity index (χ1) is 23.3. The van der Waals surface area contributed by atoms with Gasteiger partial charge in [0.15, 0.2) is 0 Å². The van der Waals surface area contributed by atoms with Crippen LogP contribution in [0.25, 0.3) is 76.5 Å². The maximum absolute atomic E-state index is 6.75. The first kappa shape index (κ1) is 26.0. The molecule has 3 nitrogen and oxygen atoms in total. The summed E-state index contributed by atoms with van der Waals surface area (Å²) >= 11 is 0. The first-order valence-corrected chi connectivity index (χ1v) is 15.9. The highest BCUT2D eigenvalue weighted by Gasteiger charge is 2.21. The van der Waals surface area contributed by atoms with E-state index < -0.39 is 0 Å². The molecule has 0 saturated carbocycles. The van der Waals surface area contributed by atoms with Crippen molar-refractivity contribution < 1.29 is 8.83 Å². The van der Waals surface area contributed by atoms with Gasteiger partial charge in [-0.05, 0) is 76.5 Å². The fourth-order valence-corrected chi connectivity index (χ4v) is 7.21. The van der Waals surface area contributed by atoms with Crippen LogP contribution in [0.5, 0.6) is 0 Å². The predicted octanol–water partition coefficient (Wildman–Crippen LogP) is 12.9. The van der Waals surface area contributed by atoms with Crippen molar-refractivity contribution in [3.63, 3.8) is 0 Å². The molecule has 0 aliphatic carbocycles. The molecule has 8 aromatic carbocycles. The summed E-state index contributed by atoms with van der Waals surface area (Å²) in [4.78, 5) is 2.35. The number of nitrogens with zero attached hydrogens (tertiary/aromatic N) is 1. The van der Waals surface area contributed by atoms with E-state index in [-0.39, 0.29) is 0 Å². The van der Waals surface area contributed by atoms with Crippen LogP contribution in [0.3, 0.4) is 0 Å². The van der Waals surface area contributed by atoms with E-state index in [4.69, 9.17) is 8.83 Å². The summed E-state index contributed by atoms with van der Waals surface area (Å²) in [6.45, 7) is 0. The minimum atomic E-state index is 0.817. The molecule has 0 aliphatic rings. The summed E-state index contributed by atoms with van der Waals surface area (Å²) in [6, 6.07) is 57.9. The molecule has 0 N–H and O–H groups in total. The van der Waals surface area contributed by atoms with Gasteiger partial charge in [0, 0.05) is 38.3 Å². The quantitative estimate of drug-likeness (QED) is 0.201. The third-order valence-electron chi connectivity index (χ3n) is 9.44. The van der Waals surface area contributed by atoms with Crippen LogP contribution in [-0.4, -0.2) is 0 Å². The van der Waals surface area contributed by atoms with Gasteiger partial charge in [0.1, 0.15) is 22.3 Å². The van der Waals surface area contributed by atoms with Crippen LogP contribution >= 0.6 is 0 Å². The maximum atomic E-state index is 6.75. The SMILES string of the molecule is c1ccc(-c2ccc(N(c3ccc4oc5ccc6c7ccc8ccccc8c7oc6c5c4c3)c3cccc4ccccc34)cc2)cc1. The Morgan fingerprint density at radius 1 is 0.362 bits per heavy atom. The molecule has 2 heterocycles. The number of furan rings is 2. The van der Waals surface area contributed by atoms with E-state index in [0.717, 1.165) is 66.3 Å². The second-order valence-electron chi connectivity index (χ2n) is 12.1. The van der Waals surface area contributed by atoms with Crippen LogP contribution in [-0.2, 0) is 0 Å². The lowest BCUT2D eigenvalue weighted by Crippen LogP contribution is -2.10. The zero-order valence-corrected chi connectivity index (χ0v) is 25.4. The Morgan fingerprint density at radius 3 is 1.85 bits per heavy atom. The third kappa shape index (κ3) is 4.00. The monoisotopic (exact) mass is 601 g/mol. The molecule has 0 fully saturated rings. The Labute approximate surface area is 270 Å². The number of hydrogen-bond donors (Lipinski definition) is 0. The van der Waals surface area contributed by atoms with Gasteiger partial charge < -0.3 is 13.7 Å². The molecule has 10 rings (SSSR count). The van der Waals surface area contributed by atoms with Crippen molar-refractivity contribution in [3.05, 3.63) is 164 Å². The normalized spacial score (nSPS) is 11.8. The molecule has 0 amide bonds. The summed E-state index contributed by atoms with van der Waals surface area (Å²) in [6.07, 6.45) is 0. The molecule has 0 atom stereocenters. The minimum Gasteiger partial charge on any atom is -0.456 e. The minimum absolute atomic E-state index is 0.817. The maximum Gasteiger partial charge on any atom is 0.147 e. The van der Waals surface area contributed by atoms with Crippen molar-refractivity contribution >= 4 is 82.5 Å². The molecule has 0 saturated heterocycles. The lowest BCUT2D eigenvalue weighted by atomic mass is 10.0. The molecule has 0 aliphatic heterocycles. The van der Waals surface area contributed by atoms with Gasteiger partial charge in [-0.2, -0.15) is 0 Å². The molecule has 3 heteroatoms. The van der Waals surface area contributed by atoms with Gasteiger partial charge in [-0.3, -0.25) is 0 Å². The summed E-state index contributed by atoms with van der Waals surface area (Å²) in [5.74, 6) is 0. The van der Waals surface area contributed by atoms with Crippen molar-refractivity contribution in [1.82, 2.24) is 0 Å². The van der Waals surface area contributed by atoms with E-state index in [0.29, 0.717) is 0 Å². The van der Waals surface area contributed by atoms with E-state index in [2.05, 4.69) is 169 Å². The van der Waals surface area contributed by atoms with Crippen molar-refractivity contribution in [2.75, 3.05) is 4.90 Å². The van der Waals surface area contributed by atoms with Crippen molar-refractivity contribution in [2.45, 2.75) is 0 Å². The Kier molecular flexibility index (Phi) is 5.57. The van der Waals surface area contributed by atoms with E-state index in [1.54, 1.807) is 0 Å². The van der Waals surface area contributed by atoms with Gasteiger partial charge in [0.05, 0.1) is 11.1 Å². The molecule has 0 bridgehead atoms. The van der Waals surface area contributed by atoms with Gasteiger partial charge >= 0.3 is 0 Å². The second-order valence-corrected chi connectivity index (χ2v) is 12.1. The number of hydrogen-bond acceptors (Lipinski definition) is 3. The topological polar surface area (TPSA) is 29.5 Å². The van der Waals surface area contributed by atoms with Crippen LogP contribution in [0.1, 0.15) is 0 Å². The van der Waals surface area contributed by atoms with Crippen LogP contribution in [0.15, 0.2) is 173 Å². The van der Waals surface area contributed by atoms with Crippen molar-refractivity contribution in [3.8, 4) is 11.1 Å². The Balaban J connectivity index is 1.22. The van der Waals surface area contributed by atoms with Gasteiger partial charge in [-0.1, -0.05) is 109 Å². The molecule has 47 heavy (non-hydrogen) atoms. The highest BCUT2D eigenvalue weighted by atomic mass is 16.3. The van der Waals surface area contributed by atoms with Crippen molar-refractivity contribution in [2.24, 2.45) is 0 Å². The number of fused-ring (bicyclic) bond motifs is 10. The summed E-state index contributed by atoms with van der Waals surface area (Å²) in [7, 11) is 0. The van der Waals surface area contributed by atoms with Crippen LogP contribution in [0.2, 0.25) is 0 Å². The van der Waals surface area contributed by atoms with E-state index in [1.807, 2.05) is 0 Å². The average molecular weight is 602 g/mol. The molecular formula is C44H27NO2. The van der Waals surface area contributed by atoms with Gasteiger partial charge in [0.25, 0.3) is 0 Å². The molecule has 2 aromatic heterocycles. The Morgan fingerprint density at radius 2 is 1.00 bits per heavy atom. The fraction of sp³-hybridized carbons (Fsp3) is 0. The van der Waals surface area contributed by atoms with Crippen LogP contribution < -0.4 is 4.90 Å². The van der Waals surface area contributed by atoms with E-state index in [1.165, 1.54) is 27.3 Å². The van der Waals surface area contributed by atoms with Gasteiger partial charge in [-0.25, -0.2) is 0 Å². The van der Waals surface area contributed by atoms with E-state index >= 15 is 0 Å². The van der Waals surface area contributed by atoms with Crippen molar-refractivity contribution in [1.29, 1.82) is 0 Å². The summed E-state index contributed by atoms with van der Waals surface area (Å²) < 4.78 is 13.2. The molecule has 10 aromatic rings. The molecule has 0 unspecified atom stereocenters. The van der Waals surface area contributed by atoms with Crippen LogP contribution in [0, 0.1) is 0 Å². The smallest absolute Gasteiger partial charge is 0.147 e. The Bertz CT molecular complexity index is 2780. The lowest BCUT2D eigenvalue weighted by molar-refractivity contribution is 0.664. The number of anilines is 3. The zero-order chi connectivity index (χ0) is 30.9. The molecule has 0 spiro atoms. The largest absolute Gasteiger partial charge is 0.456 e. The zero-order valence-electron chi connectivity index (χ0n) is 25.4. The standard InChI is InChI=1S/C44H27NO2/c1-2-9-28(10-3-1)29-17-20-32(21-18-29)45(39-16-8-13-30-11-4-6-14-34(30)39)33-22-25-40-38(27-33)42-41(46-40)26-24-37-36-23-19-31-12-5-7-15-35(31)43(36)47-44(37)42/h1-27H. The van der Waals surface area contributed by atoms with Gasteiger partial charge in [0.2, 0.25) is 0 Å². The molecule has 0 radical (unpaired) electrons. The highest BCUT2D eigenvalue weighted by Crippen LogP contribution is 2.45. The number of benzene rings is 8.